The van der Waals surface area contributed by atoms with Crippen molar-refractivity contribution in [2.75, 3.05) is 0 Å². The number of halogens is 4. The minimum absolute atomic E-state index is 0.409. The molecule has 1 aromatic rings. The van der Waals surface area contributed by atoms with Crippen molar-refractivity contribution in [2.45, 2.75) is 6.43 Å². The van der Waals surface area contributed by atoms with Crippen molar-refractivity contribution in [1.82, 2.24) is 4.98 Å². The van der Waals surface area contributed by atoms with Crippen molar-refractivity contribution in [2.24, 2.45) is 5.73 Å². The summed E-state index contributed by atoms with van der Waals surface area (Å²) in [6.45, 7) is 0. The van der Waals surface area contributed by atoms with E-state index in [0.717, 1.165) is 0 Å². The number of rotatable bonds is 2. The molecule has 0 bridgehead atoms. The monoisotopic (exact) mass is 268 g/mol. The van der Waals surface area contributed by atoms with Crippen LogP contribution in [0.1, 0.15) is 22.5 Å². The largest absolute Gasteiger partial charge is 0.364 e. The molecule has 7 heteroatoms. The fourth-order valence-corrected chi connectivity index (χ4v) is 1.22. The van der Waals surface area contributed by atoms with Gasteiger partial charge in [-0.3, -0.25) is 4.79 Å². The summed E-state index contributed by atoms with van der Waals surface area (Å²) in [6.07, 6.45) is -3.02. The van der Waals surface area contributed by atoms with Gasteiger partial charge in [0.25, 0.3) is 12.3 Å². The molecule has 0 saturated carbocycles. The standard InChI is InChI=1S/C7H4BrF3N2O/c8-5-4(9)2(6(10)11)1-3(13-5)7(12)14/h1,6H,(H2,12,14). The van der Waals surface area contributed by atoms with Crippen LogP contribution in [0, 0.1) is 5.82 Å². The highest BCUT2D eigenvalue weighted by Crippen LogP contribution is 2.26. The molecule has 0 radical (unpaired) electrons. The second kappa shape index (κ2) is 3.95. The SMILES string of the molecule is NC(=O)c1cc(C(F)F)c(F)c(Br)n1. The van der Waals surface area contributed by atoms with Crippen molar-refractivity contribution in [1.29, 1.82) is 0 Å². The molecule has 0 aromatic carbocycles. The first-order chi connectivity index (χ1) is 6.43. The summed E-state index contributed by atoms with van der Waals surface area (Å²) < 4.78 is 36.9. The van der Waals surface area contributed by atoms with Crippen LogP contribution in [-0.4, -0.2) is 10.9 Å². The Bertz CT molecular complexity index is 383. The van der Waals surface area contributed by atoms with Gasteiger partial charge in [-0.15, -0.1) is 0 Å². The van der Waals surface area contributed by atoms with Crippen molar-refractivity contribution < 1.29 is 18.0 Å². The molecule has 1 rings (SSSR count). The van der Waals surface area contributed by atoms with E-state index in [0.29, 0.717) is 6.07 Å². The van der Waals surface area contributed by atoms with Crippen LogP contribution in [-0.2, 0) is 0 Å². The summed E-state index contributed by atoms with van der Waals surface area (Å²) in [5.41, 5.74) is 3.50. The number of alkyl halides is 2. The van der Waals surface area contributed by atoms with Crippen LogP contribution in [0.15, 0.2) is 10.7 Å². The van der Waals surface area contributed by atoms with Crippen LogP contribution in [0.5, 0.6) is 0 Å². The fourth-order valence-electron chi connectivity index (χ4n) is 0.802. The Kier molecular flexibility index (Phi) is 3.10. The van der Waals surface area contributed by atoms with Gasteiger partial charge in [-0.05, 0) is 22.0 Å². The van der Waals surface area contributed by atoms with Crippen molar-refractivity contribution in [3.05, 3.63) is 27.7 Å². The van der Waals surface area contributed by atoms with E-state index in [-0.39, 0.29) is 0 Å². The van der Waals surface area contributed by atoms with Gasteiger partial charge in [0.15, 0.2) is 5.82 Å². The van der Waals surface area contributed by atoms with Gasteiger partial charge in [-0.2, -0.15) is 0 Å². The lowest BCUT2D eigenvalue weighted by Gasteiger charge is -2.04. The van der Waals surface area contributed by atoms with E-state index in [1.54, 1.807) is 0 Å². The zero-order valence-electron chi connectivity index (χ0n) is 6.60. The number of pyridine rings is 1. The third-order valence-corrected chi connectivity index (χ3v) is 1.96. The number of nitrogens with zero attached hydrogens (tertiary/aromatic N) is 1. The Labute approximate surface area is 85.2 Å². The van der Waals surface area contributed by atoms with Gasteiger partial charge in [0.2, 0.25) is 0 Å². The Balaban J connectivity index is 3.35. The first kappa shape index (κ1) is 11.0. The van der Waals surface area contributed by atoms with Gasteiger partial charge in [0, 0.05) is 0 Å². The number of aromatic nitrogens is 1. The van der Waals surface area contributed by atoms with E-state index < -0.39 is 34.0 Å². The summed E-state index contributed by atoms with van der Waals surface area (Å²) in [4.78, 5) is 14.0. The molecule has 0 spiro atoms. The molecule has 1 heterocycles. The number of carbonyl (C=O) groups excluding carboxylic acids is 1. The second-order valence-electron chi connectivity index (χ2n) is 2.37. The first-order valence-corrected chi connectivity index (χ1v) is 4.16. The predicted octanol–water partition coefficient (Wildman–Crippen LogP) is 2.02. The van der Waals surface area contributed by atoms with Gasteiger partial charge >= 0.3 is 0 Å². The Morgan fingerprint density at radius 2 is 2.14 bits per heavy atom. The number of nitrogens with two attached hydrogens (primary N) is 1. The molecular weight excluding hydrogens is 265 g/mol. The average Bonchev–Trinajstić information content (AvgIpc) is 2.08. The fraction of sp³-hybridized carbons (Fsp3) is 0.143. The minimum Gasteiger partial charge on any atom is -0.364 e. The number of carbonyl (C=O) groups is 1. The van der Waals surface area contributed by atoms with E-state index in [4.69, 9.17) is 5.73 Å². The van der Waals surface area contributed by atoms with Crippen LogP contribution in [0.3, 0.4) is 0 Å². The van der Waals surface area contributed by atoms with Crippen molar-refractivity contribution in [3.63, 3.8) is 0 Å². The Morgan fingerprint density at radius 3 is 2.57 bits per heavy atom. The molecule has 0 aliphatic rings. The molecule has 0 aliphatic heterocycles. The quantitative estimate of drug-likeness (QED) is 0.835. The van der Waals surface area contributed by atoms with E-state index in [1.807, 2.05) is 0 Å². The minimum atomic E-state index is -3.02. The highest BCUT2D eigenvalue weighted by molar-refractivity contribution is 9.10. The Hall–Kier alpha value is -1.11. The maximum atomic E-state index is 13.0. The molecular formula is C7H4BrF3N2O. The smallest absolute Gasteiger partial charge is 0.267 e. The molecule has 14 heavy (non-hydrogen) atoms. The van der Waals surface area contributed by atoms with Crippen LogP contribution in [0.25, 0.3) is 0 Å². The highest BCUT2D eigenvalue weighted by Gasteiger charge is 2.19. The molecule has 1 aromatic heterocycles. The van der Waals surface area contributed by atoms with Gasteiger partial charge < -0.3 is 5.73 Å². The third-order valence-electron chi connectivity index (χ3n) is 1.43. The van der Waals surface area contributed by atoms with Crippen molar-refractivity contribution in [3.8, 4) is 0 Å². The molecule has 0 atom stereocenters. The lowest BCUT2D eigenvalue weighted by atomic mass is 10.2. The number of primary amides is 1. The molecule has 0 saturated heterocycles. The van der Waals surface area contributed by atoms with E-state index in [2.05, 4.69) is 20.9 Å². The van der Waals surface area contributed by atoms with Gasteiger partial charge in [-0.25, -0.2) is 18.2 Å². The predicted molar refractivity (Wildman–Crippen MR) is 45.4 cm³/mol. The highest BCUT2D eigenvalue weighted by atomic mass is 79.9. The molecule has 3 nitrogen and oxygen atoms in total. The maximum Gasteiger partial charge on any atom is 0.267 e. The van der Waals surface area contributed by atoms with Gasteiger partial charge in [-0.1, -0.05) is 0 Å². The summed E-state index contributed by atoms with van der Waals surface area (Å²) in [5.74, 6) is -2.18. The summed E-state index contributed by atoms with van der Waals surface area (Å²) in [7, 11) is 0. The Morgan fingerprint density at radius 1 is 1.57 bits per heavy atom. The zero-order valence-corrected chi connectivity index (χ0v) is 8.19. The molecule has 2 N–H and O–H groups in total. The lowest BCUT2D eigenvalue weighted by Crippen LogP contribution is -2.14. The zero-order chi connectivity index (χ0) is 10.9. The third kappa shape index (κ3) is 2.03. The second-order valence-corrected chi connectivity index (χ2v) is 3.12. The topological polar surface area (TPSA) is 56.0 Å². The molecule has 76 valence electrons. The molecule has 0 unspecified atom stereocenters. The average molecular weight is 269 g/mol. The number of amides is 1. The molecule has 1 amide bonds. The van der Waals surface area contributed by atoms with Crippen molar-refractivity contribution >= 4 is 21.8 Å². The summed E-state index contributed by atoms with van der Waals surface area (Å²) in [6, 6.07) is 0.632. The molecule has 0 fully saturated rings. The first-order valence-electron chi connectivity index (χ1n) is 3.37. The maximum absolute atomic E-state index is 13.0. The van der Waals surface area contributed by atoms with Crippen LogP contribution < -0.4 is 5.73 Å². The van der Waals surface area contributed by atoms with E-state index in [1.165, 1.54) is 0 Å². The normalized spacial score (nSPS) is 10.6. The van der Waals surface area contributed by atoms with Crippen LogP contribution in [0.4, 0.5) is 13.2 Å². The molecule has 0 aliphatic carbocycles. The number of hydrogen-bond donors (Lipinski definition) is 1. The summed E-state index contributed by atoms with van der Waals surface area (Å²) in [5, 5.41) is 0. The lowest BCUT2D eigenvalue weighted by molar-refractivity contribution is 0.0994. The van der Waals surface area contributed by atoms with Crippen LogP contribution in [0.2, 0.25) is 0 Å². The number of hydrogen-bond acceptors (Lipinski definition) is 2. The van der Waals surface area contributed by atoms with Crippen LogP contribution >= 0.6 is 15.9 Å². The van der Waals surface area contributed by atoms with E-state index in [9.17, 15) is 18.0 Å². The van der Waals surface area contributed by atoms with Gasteiger partial charge in [0.05, 0.1) is 5.56 Å². The van der Waals surface area contributed by atoms with E-state index >= 15 is 0 Å². The summed E-state index contributed by atoms with van der Waals surface area (Å²) >= 11 is 2.61. The van der Waals surface area contributed by atoms with Gasteiger partial charge in [0.1, 0.15) is 10.3 Å².